The maximum Gasteiger partial charge on any atom is 0.206 e. The molecule has 1 fully saturated rings. The van der Waals surface area contributed by atoms with Gasteiger partial charge in [-0.2, -0.15) is 0 Å². The molecule has 2 aromatic rings. The minimum Gasteiger partial charge on any atom is -0.395 e. The van der Waals surface area contributed by atoms with Crippen molar-refractivity contribution in [3.8, 4) is 0 Å². The van der Waals surface area contributed by atoms with E-state index in [1.165, 1.54) is 12.8 Å². The van der Waals surface area contributed by atoms with E-state index in [0.717, 1.165) is 30.1 Å². The van der Waals surface area contributed by atoms with E-state index in [1.54, 1.807) is 0 Å². The summed E-state index contributed by atoms with van der Waals surface area (Å²) in [5.41, 5.74) is 2.14. The van der Waals surface area contributed by atoms with Gasteiger partial charge in [0.05, 0.1) is 17.6 Å². The lowest BCUT2D eigenvalue weighted by Crippen LogP contribution is -2.40. The Morgan fingerprint density at radius 2 is 2.30 bits per heavy atom. The summed E-state index contributed by atoms with van der Waals surface area (Å²) in [5.74, 6) is 0.939. The van der Waals surface area contributed by atoms with Crippen molar-refractivity contribution in [2.24, 2.45) is 7.05 Å². The van der Waals surface area contributed by atoms with Crippen LogP contribution < -0.4 is 10.2 Å². The summed E-state index contributed by atoms with van der Waals surface area (Å²) < 4.78 is 2.11. The average molecular weight is 274 g/mol. The van der Waals surface area contributed by atoms with Crippen molar-refractivity contribution in [2.75, 3.05) is 31.1 Å². The Morgan fingerprint density at radius 3 is 3.00 bits per heavy atom. The fourth-order valence-electron chi connectivity index (χ4n) is 2.99. The van der Waals surface area contributed by atoms with Gasteiger partial charge < -0.3 is 19.9 Å². The number of nitrogens with zero attached hydrogens (tertiary/aromatic N) is 3. The van der Waals surface area contributed by atoms with Crippen LogP contribution >= 0.6 is 0 Å². The monoisotopic (exact) mass is 274 g/mol. The number of aliphatic hydroxyl groups excluding tert-OH is 1. The molecule has 0 spiro atoms. The molecule has 0 amide bonds. The number of benzene rings is 1. The number of aliphatic hydroxyl groups is 1. The summed E-state index contributed by atoms with van der Waals surface area (Å²) in [6, 6.07) is 8.65. The third-order valence-corrected chi connectivity index (χ3v) is 4.02. The van der Waals surface area contributed by atoms with Crippen molar-refractivity contribution in [1.29, 1.82) is 0 Å². The molecule has 2 heterocycles. The zero-order valence-electron chi connectivity index (χ0n) is 11.9. The first-order valence-electron chi connectivity index (χ1n) is 7.30. The predicted octanol–water partition coefficient (Wildman–Crippen LogP) is 1.12. The van der Waals surface area contributed by atoms with Crippen LogP contribution in [0.1, 0.15) is 12.8 Å². The van der Waals surface area contributed by atoms with Gasteiger partial charge in [0, 0.05) is 26.2 Å². The third-order valence-electron chi connectivity index (χ3n) is 4.02. The molecule has 2 N–H and O–H groups in total. The number of aryl methyl sites for hydroxylation is 1. The van der Waals surface area contributed by atoms with Crippen LogP contribution in [0.3, 0.4) is 0 Å². The minimum absolute atomic E-state index is 0.149. The van der Waals surface area contributed by atoms with Crippen molar-refractivity contribution in [2.45, 2.75) is 18.9 Å². The van der Waals surface area contributed by atoms with Gasteiger partial charge >= 0.3 is 0 Å². The standard InChI is InChI=1S/C15H22N4O/c1-18-14-7-3-2-6-13(14)17-15(18)19(9-10-20)11-12-5-4-8-16-12/h2-3,6-7,12,16,20H,4-5,8-11H2,1H3. The smallest absolute Gasteiger partial charge is 0.206 e. The topological polar surface area (TPSA) is 53.3 Å². The fraction of sp³-hybridized carbons (Fsp3) is 0.533. The van der Waals surface area contributed by atoms with Crippen LogP contribution in [-0.4, -0.2) is 46.9 Å². The normalized spacial score (nSPS) is 18.8. The van der Waals surface area contributed by atoms with Crippen LogP contribution in [0.25, 0.3) is 11.0 Å². The summed E-state index contributed by atoms with van der Waals surface area (Å²) in [6.45, 7) is 2.77. The molecule has 1 unspecified atom stereocenters. The van der Waals surface area contributed by atoms with Crippen molar-refractivity contribution in [3.05, 3.63) is 24.3 Å². The Labute approximate surface area is 119 Å². The van der Waals surface area contributed by atoms with Gasteiger partial charge in [-0.15, -0.1) is 0 Å². The molecule has 1 saturated heterocycles. The Bertz CT molecular complexity index is 574. The van der Waals surface area contributed by atoms with Crippen LogP contribution in [0.2, 0.25) is 0 Å². The molecule has 0 bridgehead atoms. The third kappa shape index (κ3) is 2.51. The number of aromatic nitrogens is 2. The van der Waals surface area contributed by atoms with Gasteiger partial charge in [0.2, 0.25) is 5.95 Å². The van der Waals surface area contributed by atoms with Gasteiger partial charge in [0.1, 0.15) is 0 Å². The lowest BCUT2D eigenvalue weighted by atomic mass is 10.2. The van der Waals surface area contributed by atoms with Crippen molar-refractivity contribution in [3.63, 3.8) is 0 Å². The highest BCUT2D eigenvalue weighted by atomic mass is 16.3. The molecule has 0 radical (unpaired) electrons. The highest BCUT2D eigenvalue weighted by Gasteiger charge is 2.21. The number of para-hydroxylation sites is 2. The summed E-state index contributed by atoms with van der Waals surface area (Å²) >= 11 is 0. The molecule has 1 atom stereocenters. The molecule has 0 aliphatic carbocycles. The predicted molar refractivity (Wildman–Crippen MR) is 81.0 cm³/mol. The Kier molecular flexibility index (Phi) is 3.89. The molecular weight excluding hydrogens is 252 g/mol. The molecule has 20 heavy (non-hydrogen) atoms. The second-order valence-electron chi connectivity index (χ2n) is 5.42. The number of fused-ring (bicyclic) bond motifs is 1. The molecular formula is C15H22N4O. The Hall–Kier alpha value is -1.59. The van der Waals surface area contributed by atoms with E-state index in [-0.39, 0.29) is 6.61 Å². The van der Waals surface area contributed by atoms with Gasteiger partial charge in [-0.3, -0.25) is 0 Å². The number of nitrogens with one attached hydrogen (secondary N) is 1. The number of rotatable bonds is 5. The average Bonchev–Trinajstić information content (AvgIpc) is 3.07. The van der Waals surface area contributed by atoms with E-state index < -0.39 is 0 Å². The number of imidazole rings is 1. The highest BCUT2D eigenvalue weighted by Crippen LogP contribution is 2.21. The van der Waals surface area contributed by atoms with Gasteiger partial charge in [0.15, 0.2) is 0 Å². The largest absolute Gasteiger partial charge is 0.395 e. The maximum absolute atomic E-state index is 9.34. The number of anilines is 1. The molecule has 0 saturated carbocycles. The highest BCUT2D eigenvalue weighted by molar-refractivity contribution is 5.78. The molecule has 108 valence electrons. The first kappa shape index (κ1) is 13.4. The van der Waals surface area contributed by atoms with E-state index in [1.807, 2.05) is 25.2 Å². The van der Waals surface area contributed by atoms with E-state index in [9.17, 15) is 5.11 Å². The van der Waals surface area contributed by atoms with E-state index in [0.29, 0.717) is 12.6 Å². The fourth-order valence-corrected chi connectivity index (χ4v) is 2.99. The maximum atomic E-state index is 9.34. The summed E-state index contributed by atoms with van der Waals surface area (Å²) in [7, 11) is 2.04. The second kappa shape index (κ2) is 5.81. The number of hydrogen-bond donors (Lipinski definition) is 2. The van der Waals surface area contributed by atoms with Crippen LogP contribution in [-0.2, 0) is 7.05 Å². The second-order valence-corrected chi connectivity index (χ2v) is 5.42. The SMILES string of the molecule is Cn1c(N(CCO)CC2CCCN2)nc2ccccc21. The Balaban J connectivity index is 1.89. The zero-order valence-corrected chi connectivity index (χ0v) is 11.9. The van der Waals surface area contributed by atoms with E-state index in [2.05, 4.69) is 20.9 Å². The van der Waals surface area contributed by atoms with Gasteiger partial charge in [0.25, 0.3) is 0 Å². The number of hydrogen-bond acceptors (Lipinski definition) is 4. The van der Waals surface area contributed by atoms with Crippen LogP contribution in [0.4, 0.5) is 5.95 Å². The van der Waals surface area contributed by atoms with Crippen molar-refractivity contribution in [1.82, 2.24) is 14.9 Å². The van der Waals surface area contributed by atoms with Crippen LogP contribution in [0.5, 0.6) is 0 Å². The molecule has 5 heteroatoms. The molecule has 1 aromatic carbocycles. The molecule has 3 rings (SSSR count). The lowest BCUT2D eigenvalue weighted by Gasteiger charge is -2.26. The van der Waals surface area contributed by atoms with Crippen LogP contribution in [0.15, 0.2) is 24.3 Å². The lowest BCUT2D eigenvalue weighted by molar-refractivity contribution is 0.299. The summed E-state index contributed by atoms with van der Waals surface area (Å²) in [5, 5.41) is 12.8. The zero-order chi connectivity index (χ0) is 13.9. The van der Waals surface area contributed by atoms with Crippen molar-refractivity contribution < 1.29 is 5.11 Å². The van der Waals surface area contributed by atoms with Gasteiger partial charge in [-0.1, -0.05) is 12.1 Å². The molecule has 1 aliphatic rings. The Morgan fingerprint density at radius 1 is 1.45 bits per heavy atom. The van der Waals surface area contributed by atoms with E-state index >= 15 is 0 Å². The molecule has 1 aromatic heterocycles. The van der Waals surface area contributed by atoms with Gasteiger partial charge in [-0.25, -0.2) is 4.98 Å². The summed E-state index contributed by atoms with van der Waals surface area (Å²) in [4.78, 5) is 6.91. The van der Waals surface area contributed by atoms with E-state index in [4.69, 9.17) is 4.98 Å². The summed E-state index contributed by atoms with van der Waals surface area (Å²) in [6.07, 6.45) is 2.44. The van der Waals surface area contributed by atoms with Gasteiger partial charge in [-0.05, 0) is 31.5 Å². The van der Waals surface area contributed by atoms with Crippen molar-refractivity contribution >= 4 is 17.0 Å². The quantitative estimate of drug-likeness (QED) is 0.858. The first-order valence-corrected chi connectivity index (χ1v) is 7.30. The molecule has 5 nitrogen and oxygen atoms in total. The minimum atomic E-state index is 0.149. The first-order chi connectivity index (χ1) is 9.79. The molecule has 1 aliphatic heterocycles. The van der Waals surface area contributed by atoms with Crippen LogP contribution in [0, 0.1) is 0 Å².